The molecule has 1 unspecified atom stereocenters. The van der Waals surface area contributed by atoms with Crippen molar-refractivity contribution in [1.29, 1.82) is 0 Å². The number of esters is 1. The summed E-state index contributed by atoms with van der Waals surface area (Å²) in [6.07, 6.45) is 0.700. The molecule has 1 atom stereocenters. The molecule has 1 aliphatic heterocycles. The fraction of sp³-hybridized carbons (Fsp3) is 0.281. The highest BCUT2D eigenvalue weighted by Crippen LogP contribution is 2.40. The van der Waals surface area contributed by atoms with Crippen LogP contribution in [0.5, 0.6) is 11.5 Å². The summed E-state index contributed by atoms with van der Waals surface area (Å²) in [6, 6.07) is 17.9. The van der Waals surface area contributed by atoms with Crippen LogP contribution >= 0.6 is 46.6 Å². The molecule has 3 aromatic carbocycles. The Labute approximate surface area is 275 Å². The number of anilines is 1. The predicted octanol–water partition coefficient (Wildman–Crippen LogP) is 8.75. The second kappa shape index (κ2) is 14.6. The third-order valence-electron chi connectivity index (χ3n) is 6.79. The monoisotopic (exact) mass is 672 g/mol. The molecule has 230 valence electrons. The van der Waals surface area contributed by atoms with Crippen LogP contribution in [0.2, 0.25) is 15.1 Å². The minimum absolute atomic E-state index is 0.218. The van der Waals surface area contributed by atoms with Crippen LogP contribution in [0.4, 0.5) is 5.95 Å². The van der Waals surface area contributed by atoms with Crippen LogP contribution in [-0.4, -0.2) is 33.9 Å². The van der Waals surface area contributed by atoms with Gasteiger partial charge in [0.15, 0.2) is 11.5 Å². The third kappa shape index (κ3) is 7.29. The van der Waals surface area contributed by atoms with Gasteiger partial charge >= 0.3 is 5.97 Å². The standard InChI is InChI=1S/C32H31Cl3N4O4S/c1-4-14-42-30(40)28-19(3)36-31-37-32(44-18-22-8-6-7-9-24(22)34)38-39(31)29(28)20-11-13-26(27(15-20)41-5-2)43-17-21-10-12-23(33)16-25(21)35/h6-13,15-16,29H,4-5,14,17-18H2,1-3H3,(H,36,37,38). The first kappa shape index (κ1) is 32.0. The van der Waals surface area contributed by atoms with Crippen molar-refractivity contribution >= 4 is 58.5 Å². The van der Waals surface area contributed by atoms with E-state index in [-0.39, 0.29) is 6.61 Å². The van der Waals surface area contributed by atoms with Crippen molar-refractivity contribution in [3.05, 3.63) is 104 Å². The van der Waals surface area contributed by atoms with Gasteiger partial charge in [0.25, 0.3) is 0 Å². The highest BCUT2D eigenvalue weighted by molar-refractivity contribution is 7.98. The molecule has 4 aromatic rings. The highest BCUT2D eigenvalue weighted by atomic mass is 35.5. The van der Waals surface area contributed by atoms with Crippen LogP contribution in [-0.2, 0) is 21.9 Å². The Morgan fingerprint density at radius 3 is 2.55 bits per heavy atom. The minimum atomic E-state index is -0.628. The van der Waals surface area contributed by atoms with Crippen molar-refractivity contribution in [1.82, 2.24) is 14.8 Å². The third-order valence-corrected chi connectivity index (χ3v) is 8.63. The lowest BCUT2D eigenvalue weighted by Crippen LogP contribution is -2.29. The van der Waals surface area contributed by atoms with E-state index < -0.39 is 12.0 Å². The number of benzene rings is 3. The number of carbonyl (C=O) groups is 1. The Morgan fingerprint density at radius 2 is 1.80 bits per heavy atom. The molecule has 0 aliphatic carbocycles. The molecular formula is C32H31Cl3N4O4S. The number of hydrogen-bond acceptors (Lipinski definition) is 8. The second-order valence-corrected chi connectivity index (χ2v) is 12.1. The van der Waals surface area contributed by atoms with Crippen molar-refractivity contribution in [3.8, 4) is 11.5 Å². The highest BCUT2D eigenvalue weighted by Gasteiger charge is 2.36. The van der Waals surface area contributed by atoms with Crippen LogP contribution < -0.4 is 14.8 Å². The Kier molecular flexibility index (Phi) is 10.6. The summed E-state index contributed by atoms with van der Waals surface area (Å²) in [4.78, 5) is 18.2. The number of hydrogen-bond donors (Lipinski definition) is 1. The van der Waals surface area contributed by atoms with Gasteiger partial charge in [-0.25, -0.2) is 9.48 Å². The molecule has 0 radical (unpaired) electrons. The molecule has 0 saturated carbocycles. The number of halogens is 3. The summed E-state index contributed by atoms with van der Waals surface area (Å²) in [5.41, 5.74) is 3.58. The number of fused-ring (bicyclic) bond motifs is 1. The van der Waals surface area contributed by atoms with E-state index in [0.29, 0.717) is 74.3 Å². The average molecular weight is 674 g/mol. The Hall–Kier alpha value is -3.37. The second-order valence-electron chi connectivity index (χ2n) is 9.91. The van der Waals surface area contributed by atoms with Crippen molar-refractivity contribution in [3.63, 3.8) is 0 Å². The van der Waals surface area contributed by atoms with E-state index in [2.05, 4.69) is 5.32 Å². The molecule has 5 rings (SSSR count). The summed E-state index contributed by atoms with van der Waals surface area (Å²) in [7, 11) is 0. The molecule has 0 amide bonds. The number of nitrogens with zero attached hydrogens (tertiary/aromatic N) is 3. The lowest BCUT2D eigenvalue weighted by Gasteiger charge is -2.28. The zero-order valence-corrected chi connectivity index (χ0v) is 27.5. The molecule has 8 nitrogen and oxygen atoms in total. The first-order valence-electron chi connectivity index (χ1n) is 14.1. The van der Waals surface area contributed by atoms with E-state index in [1.807, 2.05) is 69.3 Å². The van der Waals surface area contributed by atoms with Crippen LogP contribution in [0.25, 0.3) is 0 Å². The van der Waals surface area contributed by atoms with E-state index in [9.17, 15) is 4.79 Å². The predicted molar refractivity (Wildman–Crippen MR) is 175 cm³/mol. The molecule has 1 aromatic heterocycles. The summed E-state index contributed by atoms with van der Waals surface area (Å²) in [5.74, 6) is 1.72. The number of carbonyl (C=O) groups excluding carboxylic acids is 1. The van der Waals surface area contributed by atoms with Crippen LogP contribution in [0, 0.1) is 0 Å². The molecule has 0 fully saturated rings. The van der Waals surface area contributed by atoms with Crippen molar-refractivity contribution in [2.75, 3.05) is 18.5 Å². The van der Waals surface area contributed by atoms with E-state index in [1.54, 1.807) is 16.8 Å². The summed E-state index contributed by atoms with van der Waals surface area (Å²) < 4.78 is 19.4. The Bertz CT molecular complexity index is 1690. The summed E-state index contributed by atoms with van der Waals surface area (Å²) >= 11 is 20.2. The summed E-state index contributed by atoms with van der Waals surface area (Å²) in [5, 5.41) is 10.3. The Balaban J connectivity index is 1.49. The average Bonchev–Trinajstić information content (AvgIpc) is 3.41. The number of nitrogens with one attached hydrogen (secondary N) is 1. The number of rotatable bonds is 12. The van der Waals surface area contributed by atoms with Gasteiger partial charge in [0.2, 0.25) is 11.1 Å². The van der Waals surface area contributed by atoms with Gasteiger partial charge in [-0.05, 0) is 61.7 Å². The van der Waals surface area contributed by atoms with E-state index in [4.69, 9.17) is 59.1 Å². The van der Waals surface area contributed by atoms with Crippen molar-refractivity contribution in [2.45, 2.75) is 50.8 Å². The van der Waals surface area contributed by atoms with Crippen LogP contribution in [0.3, 0.4) is 0 Å². The van der Waals surface area contributed by atoms with E-state index in [0.717, 1.165) is 16.7 Å². The Morgan fingerprint density at radius 1 is 0.977 bits per heavy atom. The molecular weight excluding hydrogens is 643 g/mol. The maximum Gasteiger partial charge on any atom is 0.338 e. The first-order valence-corrected chi connectivity index (χ1v) is 16.2. The van der Waals surface area contributed by atoms with Gasteiger partial charge in [-0.1, -0.05) is 83.8 Å². The maximum atomic E-state index is 13.4. The fourth-order valence-electron chi connectivity index (χ4n) is 4.67. The largest absolute Gasteiger partial charge is 0.490 e. The fourth-order valence-corrected chi connectivity index (χ4v) is 6.25. The van der Waals surface area contributed by atoms with Crippen molar-refractivity contribution < 1.29 is 19.0 Å². The number of aromatic nitrogens is 3. The molecule has 1 N–H and O–H groups in total. The number of thioether (sulfide) groups is 1. The molecule has 1 aliphatic rings. The van der Waals surface area contributed by atoms with Crippen LogP contribution in [0.15, 0.2) is 77.1 Å². The van der Waals surface area contributed by atoms with Gasteiger partial charge in [-0.3, -0.25) is 0 Å². The summed E-state index contributed by atoms with van der Waals surface area (Å²) in [6.45, 7) is 6.61. The number of ether oxygens (including phenoxy) is 3. The van der Waals surface area contributed by atoms with Gasteiger partial charge in [0.1, 0.15) is 12.6 Å². The lowest BCUT2D eigenvalue weighted by atomic mass is 9.95. The molecule has 44 heavy (non-hydrogen) atoms. The zero-order chi connectivity index (χ0) is 31.2. The number of allylic oxidation sites excluding steroid dienone is 1. The molecule has 2 heterocycles. The van der Waals surface area contributed by atoms with Gasteiger partial charge in [0.05, 0.1) is 18.8 Å². The van der Waals surface area contributed by atoms with Gasteiger partial charge < -0.3 is 19.5 Å². The molecule has 12 heteroatoms. The maximum absolute atomic E-state index is 13.4. The lowest BCUT2D eigenvalue weighted by molar-refractivity contribution is -0.139. The van der Waals surface area contributed by atoms with Crippen molar-refractivity contribution in [2.24, 2.45) is 0 Å². The molecule has 0 bridgehead atoms. The quantitative estimate of drug-likeness (QED) is 0.118. The van der Waals surface area contributed by atoms with Gasteiger partial charge in [-0.15, -0.1) is 5.10 Å². The molecule has 0 spiro atoms. The van der Waals surface area contributed by atoms with Gasteiger partial charge in [-0.2, -0.15) is 4.98 Å². The minimum Gasteiger partial charge on any atom is -0.490 e. The SMILES string of the molecule is CCCOC(=O)C1=C(C)Nc2nc(SCc3ccccc3Cl)nn2C1c1ccc(OCc2ccc(Cl)cc2Cl)c(OCC)c1. The first-order chi connectivity index (χ1) is 21.3. The normalized spacial score (nSPS) is 14.2. The topological polar surface area (TPSA) is 87.5 Å². The van der Waals surface area contributed by atoms with Gasteiger partial charge in [0, 0.05) is 32.1 Å². The van der Waals surface area contributed by atoms with Crippen LogP contribution in [0.1, 0.15) is 49.9 Å². The van der Waals surface area contributed by atoms with E-state index in [1.165, 1.54) is 11.8 Å². The smallest absolute Gasteiger partial charge is 0.338 e. The van der Waals surface area contributed by atoms with E-state index >= 15 is 0 Å². The zero-order valence-electron chi connectivity index (χ0n) is 24.4. The molecule has 0 saturated heterocycles.